The van der Waals surface area contributed by atoms with Gasteiger partial charge in [-0.25, -0.2) is 4.98 Å². The first-order valence-electron chi connectivity index (χ1n) is 8.36. The van der Waals surface area contributed by atoms with Gasteiger partial charge in [0.25, 0.3) is 5.91 Å². The second-order valence-corrected chi connectivity index (χ2v) is 6.49. The maximum absolute atomic E-state index is 13.0. The van der Waals surface area contributed by atoms with Crippen molar-refractivity contribution in [3.63, 3.8) is 0 Å². The maximum atomic E-state index is 13.0. The van der Waals surface area contributed by atoms with Crippen LogP contribution in [0.15, 0.2) is 30.3 Å². The Morgan fingerprint density at radius 2 is 1.96 bits per heavy atom. The third kappa shape index (κ3) is 2.61. The minimum Gasteiger partial charge on any atom is -0.341 e. The van der Waals surface area contributed by atoms with E-state index in [2.05, 4.69) is 31.7 Å². The molecule has 4 rings (SSSR count). The van der Waals surface area contributed by atoms with Crippen molar-refractivity contribution >= 4 is 5.91 Å². The van der Waals surface area contributed by atoms with Crippen molar-refractivity contribution in [2.45, 2.75) is 33.4 Å². The predicted octanol–water partition coefficient (Wildman–Crippen LogP) is 2.50. The Morgan fingerprint density at radius 3 is 2.72 bits per heavy atom. The summed E-state index contributed by atoms with van der Waals surface area (Å²) in [5, 5.41) is 8.33. The number of nitrogens with one attached hydrogen (secondary N) is 1. The standard InChI is InChI=1S/C18H20N6O/c1-11-9-23(10-15-22-21-13(3)24(11)15)18(25)16-12(2)19-17(20-16)14-7-5-4-6-8-14/h4-8,11H,9-10H2,1-3H3,(H,19,20)/t11-/m0/s1. The molecule has 1 aliphatic heterocycles. The monoisotopic (exact) mass is 336 g/mol. The Balaban J connectivity index is 1.63. The average Bonchev–Trinajstić information content (AvgIpc) is 3.18. The first-order valence-corrected chi connectivity index (χ1v) is 8.36. The molecule has 0 radical (unpaired) electrons. The van der Waals surface area contributed by atoms with Gasteiger partial charge < -0.3 is 14.5 Å². The Labute approximate surface area is 145 Å². The van der Waals surface area contributed by atoms with Gasteiger partial charge in [0.15, 0.2) is 5.82 Å². The number of carbonyl (C=O) groups is 1. The van der Waals surface area contributed by atoms with E-state index in [1.54, 1.807) is 4.90 Å². The number of nitrogens with zero attached hydrogens (tertiary/aromatic N) is 5. The molecular weight excluding hydrogens is 316 g/mol. The molecule has 0 unspecified atom stereocenters. The molecule has 3 heterocycles. The highest BCUT2D eigenvalue weighted by molar-refractivity contribution is 5.94. The van der Waals surface area contributed by atoms with E-state index in [0.29, 0.717) is 24.6 Å². The number of aromatic amines is 1. The molecule has 2 aromatic heterocycles. The third-order valence-electron chi connectivity index (χ3n) is 4.62. The summed E-state index contributed by atoms with van der Waals surface area (Å²) >= 11 is 0. The van der Waals surface area contributed by atoms with Gasteiger partial charge in [-0.1, -0.05) is 30.3 Å². The van der Waals surface area contributed by atoms with Crippen molar-refractivity contribution in [3.05, 3.63) is 53.4 Å². The number of imidazole rings is 1. The number of fused-ring (bicyclic) bond motifs is 1. The fraction of sp³-hybridized carbons (Fsp3) is 0.333. The van der Waals surface area contributed by atoms with Crippen molar-refractivity contribution in [1.82, 2.24) is 29.6 Å². The van der Waals surface area contributed by atoms with E-state index in [4.69, 9.17) is 0 Å². The number of aryl methyl sites for hydroxylation is 2. The summed E-state index contributed by atoms with van der Waals surface area (Å²) < 4.78 is 2.09. The van der Waals surface area contributed by atoms with E-state index < -0.39 is 0 Å². The van der Waals surface area contributed by atoms with Crippen LogP contribution in [0.4, 0.5) is 0 Å². The summed E-state index contributed by atoms with van der Waals surface area (Å²) in [5.74, 6) is 2.35. The zero-order valence-corrected chi connectivity index (χ0v) is 14.5. The number of H-pyrrole nitrogens is 1. The number of benzene rings is 1. The molecule has 0 aliphatic carbocycles. The Hall–Kier alpha value is -2.96. The SMILES string of the molecule is Cc1[nH]c(-c2ccccc2)nc1C(=O)N1Cc2nnc(C)n2[C@@H](C)C1. The molecule has 7 nitrogen and oxygen atoms in total. The van der Waals surface area contributed by atoms with Gasteiger partial charge in [0, 0.05) is 17.8 Å². The summed E-state index contributed by atoms with van der Waals surface area (Å²) in [7, 11) is 0. The summed E-state index contributed by atoms with van der Waals surface area (Å²) in [6.07, 6.45) is 0. The second kappa shape index (κ2) is 5.84. The maximum Gasteiger partial charge on any atom is 0.274 e. The van der Waals surface area contributed by atoms with Gasteiger partial charge in [0.05, 0.1) is 12.6 Å². The van der Waals surface area contributed by atoms with E-state index in [9.17, 15) is 4.79 Å². The molecule has 0 fully saturated rings. The van der Waals surface area contributed by atoms with E-state index in [-0.39, 0.29) is 11.9 Å². The van der Waals surface area contributed by atoms with Crippen LogP contribution < -0.4 is 0 Å². The van der Waals surface area contributed by atoms with Crippen LogP contribution in [0, 0.1) is 13.8 Å². The molecule has 1 aliphatic rings. The average molecular weight is 336 g/mol. The first kappa shape index (κ1) is 15.6. The fourth-order valence-corrected chi connectivity index (χ4v) is 3.44. The molecule has 1 N–H and O–H groups in total. The molecule has 7 heteroatoms. The largest absolute Gasteiger partial charge is 0.341 e. The number of hydrogen-bond donors (Lipinski definition) is 1. The normalized spacial score (nSPS) is 16.8. The lowest BCUT2D eigenvalue weighted by Gasteiger charge is -2.32. The van der Waals surface area contributed by atoms with Gasteiger partial charge in [0.1, 0.15) is 17.3 Å². The summed E-state index contributed by atoms with van der Waals surface area (Å²) in [6, 6.07) is 9.96. The number of aromatic nitrogens is 5. The first-order chi connectivity index (χ1) is 12.0. The fourth-order valence-electron chi connectivity index (χ4n) is 3.44. The van der Waals surface area contributed by atoms with Crippen LogP contribution in [-0.4, -0.2) is 42.1 Å². The molecular formula is C18H20N6O. The van der Waals surface area contributed by atoms with E-state index >= 15 is 0 Å². The smallest absolute Gasteiger partial charge is 0.274 e. The van der Waals surface area contributed by atoms with Gasteiger partial charge in [-0.05, 0) is 20.8 Å². The van der Waals surface area contributed by atoms with Crippen LogP contribution >= 0.6 is 0 Å². The molecule has 25 heavy (non-hydrogen) atoms. The van der Waals surface area contributed by atoms with Crippen LogP contribution in [0.3, 0.4) is 0 Å². The second-order valence-electron chi connectivity index (χ2n) is 6.49. The molecule has 128 valence electrons. The van der Waals surface area contributed by atoms with Crippen molar-refractivity contribution in [2.24, 2.45) is 0 Å². The highest BCUT2D eigenvalue weighted by atomic mass is 16.2. The number of amides is 1. The van der Waals surface area contributed by atoms with Gasteiger partial charge in [-0.2, -0.15) is 0 Å². The molecule has 1 atom stereocenters. The zero-order chi connectivity index (χ0) is 17.6. The Bertz CT molecular complexity index is 926. The van der Waals surface area contributed by atoms with Gasteiger partial charge in [-0.15, -0.1) is 10.2 Å². The highest BCUT2D eigenvalue weighted by Gasteiger charge is 2.30. The minimum atomic E-state index is -0.0744. The van der Waals surface area contributed by atoms with Gasteiger partial charge in [0.2, 0.25) is 0 Å². The van der Waals surface area contributed by atoms with Gasteiger partial charge in [-0.3, -0.25) is 4.79 Å². The summed E-state index contributed by atoms with van der Waals surface area (Å²) in [6.45, 7) is 6.97. The van der Waals surface area contributed by atoms with Crippen molar-refractivity contribution in [1.29, 1.82) is 0 Å². The van der Waals surface area contributed by atoms with Crippen LogP contribution in [-0.2, 0) is 6.54 Å². The lowest BCUT2D eigenvalue weighted by Crippen LogP contribution is -2.41. The van der Waals surface area contributed by atoms with E-state index in [1.807, 2.05) is 44.2 Å². The highest BCUT2D eigenvalue weighted by Crippen LogP contribution is 2.24. The predicted molar refractivity (Wildman–Crippen MR) is 93.0 cm³/mol. The lowest BCUT2D eigenvalue weighted by molar-refractivity contribution is 0.0674. The molecule has 3 aromatic rings. The molecule has 1 aromatic carbocycles. The van der Waals surface area contributed by atoms with Crippen LogP contribution in [0.5, 0.6) is 0 Å². The lowest BCUT2D eigenvalue weighted by atomic mass is 10.2. The molecule has 0 saturated heterocycles. The quantitative estimate of drug-likeness (QED) is 0.780. The molecule has 0 spiro atoms. The zero-order valence-electron chi connectivity index (χ0n) is 14.5. The Morgan fingerprint density at radius 1 is 1.20 bits per heavy atom. The Kier molecular flexibility index (Phi) is 3.63. The van der Waals surface area contributed by atoms with Crippen LogP contribution in [0.25, 0.3) is 11.4 Å². The van der Waals surface area contributed by atoms with E-state index in [0.717, 1.165) is 22.9 Å². The van der Waals surface area contributed by atoms with Crippen molar-refractivity contribution < 1.29 is 4.79 Å². The van der Waals surface area contributed by atoms with E-state index in [1.165, 1.54) is 0 Å². The number of carbonyl (C=O) groups excluding carboxylic acids is 1. The minimum absolute atomic E-state index is 0.0744. The molecule has 0 bridgehead atoms. The topological polar surface area (TPSA) is 79.7 Å². The number of rotatable bonds is 2. The van der Waals surface area contributed by atoms with Crippen LogP contribution in [0.2, 0.25) is 0 Å². The van der Waals surface area contributed by atoms with Crippen molar-refractivity contribution in [3.8, 4) is 11.4 Å². The molecule has 1 amide bonds. The number of hydrogen-bond acceptors (Lipinski definition) is 4. The third-order valence-corrected chi connectivity index (χ3v) is 4.62. The summed E-state index contributed by atoms with van der Waals surface area (Å²) in [4.78, 5) is 22.6. The van der Waals surface area contributed by atoms with Crippen molar-refractivity contribution in [2.75, 3.05) is 6.54 Å². The van der Waals surface area contributed by atoms with Gasteiger partial charge >= 0.3 is 0 Å². The van der Waals surface area contributed by atoms with Crippen LogP contribution in [0.1, 0.15) is 40.8 Å². The molecule has 0 saturated carbocycles. The summed E-state index contributed by atoms with van der Waals surface area (Å²) in [5.41, 5.74) is 2.21.